The lowest BCUT2D eigenvalue weighted by Crippen LogP contribution is -2.57. The van der Waals surface area contributed by atoms with Crippen molar-refractivity contribution in [2.75, 3.05) is 0 Å². The number of fused-ring (bicyclic) bond motifs is 4. The standard InChI is InChI=1S/C27H21NO8/c28-26(34)22-17(30)10-13-7-12-8-15-14(19-9-11-3-1-2-4-18(11)36-19)5-6-16(29)21(15)23(31)20(12)24(32)27(13,35)25(22)33/h1-6,9,12-13,29-30,32,35H,7-8,10H2,(H2,28,34)/t12-,13+,27+/m1/s1. The molecule has 0 bridgehead atoms. The first-order chi connectivity index (χ1) is 17.1. The molecule has 0 radical (unpaired) electrons. The van der Waals surface area contributed by atoms with Crippen LogP contribution in [0.4, 0.5) is 0 Å². The second-order valence-corrected chi connectivity index (χ2v) is 9.54. The molecule has 6 rings (SSSR count). The van der Waals surface area contributed by atoms with Crippen LogP contribution in [0, 0.1) is 11.8 Å². The van der Waals surface area contributed by atoms with Crippen molar-refractivity contribution in [3.8, 4) is 17.1 Å². The first-order valence-electron chi connectivity index (χ1n) is 11.4. The van der Waals surface area contributed by atoms with E-state index in [0.29, 0.717) is 22.5 Å². The summed E-state index contributed by atoms with van der Waals surface area (Å²) in [6.07, 6.45) is -0.000812. The molecule has 9 nitrogen and oxygen atoms in total. The van der Waals surface area contributed by atoms with Crippen molar-refractivity contribution in [2.45, 2.75) is 24.9 Å². The van der Waals surface area contributed by atoms with Crippen LogP contribution < -0.4 is 5.73 Å². The molecule has 182 valence electrons. The topological polar surface area (TPSA) is 171 Å². The number of rotatable bonds is 2. The van der Waals surface area contributed by atoms with Gasteiger partial charge < -0.3 is 30.6 Å². The Kier molecular flexibility index (Phi) is 4.49. The number of aromatic hydroxyl groups is 1. The predicted molar refractivity (Wildman–Crippen MR) is 126 cm³/mol. The highest BCUT2D eigenvalue weighted by Gasteiger charge is 2.59. The number of hydrogen-bond acceptors (Lipinski definition) is 8. The molecule has 36 heavy (non-hydrogen) atoms. The van der Waals surface area contributed by atoms with Crippen LogP contribution in [0.3, 0.4) is 0 Å². The summed E-state index contributed by atoms with van der Waals surface area (Å²) in [5.41, 5.74) is 3.38. The van der Waals surface area contributed by atoms with Crippen molar-refractivity contribution in [1.82, 2.24) is 0 Å². The molecule has 1 amide bonds. The second kappa shape index (κ2) is 7.32. The summed E-state index contributed by atoms with van der Waals surface area (Å²) in [4.78, 5) is 38.4. The van der Waals surface area contributed by atoms with Gasteiger partial charge in [0.1, 0.15) is 34.2 Å². The molecule has 0 spiro atoms. The van der Waals surface area contributed by atoms with Gasteiger partial charge in [0, 0.05) is 28.9 Å². The number of aliphatic hydroxyl groups is 3. The first-order valence-corrected chi connectivity index (χ1v) is 11.4. The van der Waals surface area contributed by atoms with Gasteiger partial charge in [-0.2, -0.15) is 0 Å². The molecule has 1 aromatic heterocycles. The monoisotopic (exact) mass is 487 g/mol. The summed E-state index contributed by atoms with van der Waals surface area (Å²) in [5, 5.41) is 44.2. The van der Waals surface area contributed by atoms with Crippen molar-refractivity contribution in [3.63, 3.8) is 0 Å². The van der Waals surface area contributed by atoms with Crippen LogP contribution in [-0.2, 0) is 16.0 Å². The lowest BCUT2D eigenvalue weighted by Gasteiger charge is -2.45. The Morgan fingerprint density at radius 3 is 2.53 bits per heavy atom. The molecule has 9 heteroatoms. The highest BCUT2D eigenvalue weighted by Crippen LogP contribution is 2.52. The van der Waals surface area contributed by atoms with E-state index >= 15 is 0 Å². The fourth-order valence-electron chi connectivity index (χ4n) is 5.96. The molecule has 3 aliphatic carbocycles. The number of carbonyl (C=O) groups excluding carboxylic acids is 3. The third kappa shape index (κ3) is 2.77. The molecule has 0 saturated carbocycles. The van der Waals surface area contributed by atoms with Crippen LogP contribution in [0.5, 0.6) is 5.75 Å². The molecule has 0 saturated heterocycles. The maximum Gasteiger partial charge on any atom is 0.255 e. The van der Waals surface area contributed by atoms with Gasteiger partial charge in [-0.25, -0.2) is 0 Å². The lowest BCUT2D eigenvalue weighted by molar-refractivity contribution is -0.144. The van der Waals surface area contributed by atoms with Gasteiger partial charge >= 0.3 is 0 Å². The van der Waals surface area contributed by atoms with Crippen LogP contribution in [0.2, 0.25) is 0 Å². The number of hydrogen-bond donors (Lipinski definition) is 5. The minimum Gasteiger partial charge on any atom is -0.511 e. The number of furan rings is 1. The van der Waals surface area contributed by atoms with Crippen LogP contribution in [0.1, 0.15) is 28.8 Å². The zero-order valence-corrected chi connectivity index (χ0v) is 18.8. The SMILES string of the molecule is NC(=O)C1=C(O)C[C@@H]2C[C@@H]3Cc4c(-c5cc6ccccc6o5)ccc(O)c4C(=O)C3=C(O)[C@]2(O)C1=O. The van der Waals surface area contributed by atoms with Gasteiger partial charge in [0.2, 0.25) is 5.78 Å². The Bertz CT molecular complexity index is 1560. The Morgan fingerprint density at radius 1 is 1.06 bits per heavy atom. The Hall–Kier alpha value is -4.37. The van der Waals surface area contributed by atoms with Gasteiger partial charge in [-0.15, -0.1) is 0 Å². The number of amides is 1. The third-order valence-electron chi connectivity index (χ3n) is 7.64. The fourth-order valence-corrected chi connectivity index (χ4v) is 5.96. The number of aliphatic hydroxyl groups excluding tert-OH is 2. The van der Waals surface area contributed by atoms with E-state index in [9.17, 15) is 34.8 Å². The Morgan fingerprint density at radius 2 is 1.81 bits per heavy atom. The summed E-state index contributed by atoms with van der Waals surface area (Å²) in [5.74, 6) is -6.04. The van der Waals surface area contributed by atoms with Crippen molar-refractivity contribution < 1.29 is 39.2 Å². The summed E-state index contributed by atoms with van der Waals surface area (Å²) in [7, 11) is 0. The first kappa shape index (κ1) is 22.1. The highest BCUT2D eigenvalue weighted by molar-refractivity contribution is 6.24. The quantitative estimate of drug-likeness (QED) is 0.343. The minimum absolute atomic E-state index is 0.0513. The maximum absolute atomic E-state index is 13.7. The molecule has 1 heterocycles. The van der Waals surface area contributed by atoms with E-state index in [1.165, 1.54) is 6.07 Å². The molecule has 6 N–H and O–H groups in total. The number of carbonyl (C=O) groups is 3. The molecule has 2 aromatic carbocycles. The summed E-state index contributed by atoms with van der Waals surface area (Å²) < 4.78 is 5.99. The maximum atomic E-state index is 13.7. The number of benzene rings is 2. The van der Waals surface area contributed by atoms with Gasteiger partial charge in [0.05, 0.1) is 5.56 Å². The average Bonchev–Trinajstić information content (AvgIpc) is 3.25. The number of primary amides is 1. The van der Waals surface area contributed by atoms with Gasteiger partial charge in [-0.05, 0) is 48.6 Å². The van der Waals surface area contributed by atoms with Crippen LogP contribution >= 0.6 is 0 Å². The van der Waals surface area contributed by atoms with Gasteiger partial charge in [0.25, 0.3) is 5.91 Å². The smallest absolute Gasteiger partial charge is 0.255 e. The van der Waals surface area contributed by atoms with Crippen molar-refractivity contribution in [3.05, 3.63) is 76.3 Å². The number of ketones is 2. The number of phenolic OH excluding ortho intramolecular Hbond substituents is 1. The lowest BCUT2D eigenvalue weighted by atomic mass is 9.60. The number of Topliss-reactive ketones (excluding diaryl/α,β-unsaturated/α-hetero) is 2. The van der Waals surface area contributed by atoms with E-state index in [-0.39, 0.29) is 36.1 Å². The van der Waals surface area contributed by atoms with Crippen LogP contribution in [-0.4, -0.2) is 43.5 Å². The van der Waals surface area contributed by atoms with Gasteiger partial charge in [-0.3, -0.25) is 14.4 Å². The van der Waals surface area contributed by atoms with Crippen LogP contribution in [0.25, 0.3) is 22.3 Å². The zero-order chi connectivity index (χ0) is 25.5. The normalized spacial score (nSPS) is 25.6. The minimum atomic E-state index is -2.58. The van der Waals surface area contributed by atoms with E-state index in [0.717, 1.165) is 5.39 Å². The largest absolute Gasteiger partial charge is 0.511 e. The summed E-state index contributed by atoms with van der Waals surface area (Å²) in [6.45, 7) is 0. The molecule has 0 aliphatic heterocycles. The van der Waals surface area contributed by atoms with E-state index in [1.54, 1.807) is 6.07 Å². The second-order valence-electron chi connectivity index (χ2n) is 9.54. The zero-order valence-electron chi connectivity index (χ0n) is 18.8. The molecule has 0 unspecified atom stereocenters. The molecule has 3 aromatic rings. The molecule has 3 aliphatic rings. The van der Waals surface area contributed by atoms with E-state index in [2.05, 4.69) is 0 Å². The van der Waals surface area contributed by atoms with Crippen LogP contribution in [0.15, 0.2) is 69.5 Å². The van der Waals surface area contributed by atoms with Crippen molar-refractivity contribution >= 4 is 28.4 Å². The molecule has 3 atom stereocenters. The predicted octanol–water partition coefficient (Wildman–Crippen LogP) is 2.99. The average molecular weight is 487 g/mol. The molecular formula is C27H21NO8. The van der Waals surface area contributed by atoms with Crippen molar-refractivity contribution in [2.24, 2.45) is 17.6 Å². The van der Waals surface area contributed by atoms with Gasteiger partial charge in [0.15, 0.2) is 11.4 Å². The van der Waals surface area contributed by atoms with E-state index < -0.39 is 52.0 Å². The number of para-hydroxylation sites is 1. The summed E-state index contributed by atoms with van der Waals surface area (Å²) in [6, 6.07) is 12.3. The molecular weight excluding hydrogens is 466 g/mol. The number of phenols is 1. The van der Waals surface area contributed by atoms with E-state index in [4.69, 9.17) is 10.2 Å². The molecule has 0 fully saturated rings. The Labute approximate surface area is 203 Å². The highest BCUT2D eigenvalue weighted by atomic mass is 16.3. The summed E-state index contributed by atoms with van der Waals surface area (Å²) >= 11 is 0. The third-order valence-corrected chi connectivity index (χ3v) is 7.64. The number of nitrogens with two attached hydrogens (primary N) is 1. The number of allylic oxidation sites excluding steroid dienone is 2. The van der Waals surface area contributed by atoms with E-state index in [1.807, 2.05) is 30.3 Å². The fraction of sp³-hybridized carbons (Fsp3) is 0.222. The van der Waals surface area contributed by atoms with Crippen molar-refractivity contribution in [1.29, 1.82) is 0 Å². The Balaban J connectivity index is 1.52. The van der Waals surface area contributed by atoms with Gasteiger partial charge in [-0.1, -0.05) is 18.2 Å².